The van der Waals surface area contributed by atoms with E-state index in [1.54, 1.807) is 25.1 Å². The Morgan fingerprint density at radius 1 is 1.03 bits per heavy atom. The highest BCUT2D eigenvalue weighted by Gasteiger charge is 2.26. The van der Waals surface area contributed by atoms with Gasteiger partial charge in [-0.25, -0.2) is 4.39 Å². The SMILES string of the molecule is CCCNC(=O)[C@H](C)N(Cc1ccccc1F)C(=O)CCc1ccc(OCC)c(OCC)c1. The molecule has 0 saturated carbocycles. The number of amides is 2. The molecule has 0 aliphatic carbocycles. The van der Waals surface area contributed by atoms with Crippen LogP contribution in [-0.2, 0) is 22.6 Å². The maximum atomic E-state index is 14.3. The molecule has 2 amide bonds. The first kappa shape index (κ1) is 26.2. The Bertz CT molecular complexity index is 919. The summed E-state index contributed by atoms with van der Waals surface area (Å²) < 4.78 is 25.5. The topological polar surface area (TPSA) is 67.9 Å². The van der Waals surface area contributed by atoms with Crippen molar-refractivity contribution >= 4 is 11.8 Å². The van der Waals surface area contributed by atoms with Crippen molar-refractivity contribution in [2.24, 2.45) is 0 Å². The molecule has 1 atom stereocenters. The van der Waals surface area contributed by atoms with Crippen molar-refractivity contribution in [3.05, 3.63) is 59.4 Å². The van der Waals surface area contributed by atoms with Gasteiger partial charge in [0, 0.05) is 25.1 Å². The number of ether oxygens (including phenoxy) is 2. The molecule has 7 heteroatoms. The molecule has 0 aliphatic heterocycles. The number of nitrogens with zero attached hydrogens (tertiary/aromatic N) is 1. The molecule has 180 valence electrons. The Balaban J connectivity index is 2.17. The predicted octanol–water partition coefficient (Wildman–Crippen LogP) is 4.50. The van der Waals surface area contributed by atoms with Gasteiger partial charge in [-0.15, -0.1) is 0 Å². The van der Waals surface area contributed by atoms with Gasteiger partial charge in [0.25, 0.3) is 0 Å². The third-order valence-corrected chi connectivity index (χ3v) is 5.25. The van der Waals surface area contributed by atoms with E-state index in [-0.39, 0.29) is 24.8 Å². The van der Waals surface area contributed by atoms with Crippen molar-refractivity contribution in [3.8, 4) is 11.5 Å². The monoisotopic (exact) mass is 458 g/mol. The summed E-state index contributed by atoms with van der Waals surface area (Å²) in [6, 6.07) is 11.2. The molecule has 0 radical (unpaired) electrons. The highest BCUT2D eigenvalue weighted by molar-refractivity contribution is 5.87. The largest absolute Gasteiger partial charge is 0.490 e. The first-order chi connectivity index (χ1) is 15.9. The number of hydrogen-bond donors (Lipinski definition) is 1. The van der Waals surface area contributed by atoms with Gasteiger partial charge in [0.1, 0.15) is 11.9 Å². The van der Waals surface area contributed by atoms with Crippen LogP contribution in [0.25, 0.3) is 0 Å². The van der Waals surface area contributed by atoms with Gasteiger partial charge in [-0.1, -0.05) is 31.2 Å². The minimum Gasteiger partial charge on any atom is -0.490 e. The van der Waals surface area contributed by atoms with Crippen molar-refractivity contribution in [1.82, 2.24) is 10.2 Å². The minimum absolute atomic E-state index is 0.0275. The maximum Gasteiger partial charge on any atom is 0.242 e. The predicted molar refractivity (Wildman–Crippen MR) is 127 cm³/mol. The average Bonchev–Trinajstić information content (AvgIpc) is 2.81. The molecule has 6 nitrogen and oxygen atoms in total. The standard InChI is InChI=1S/C26H35FN2O4/c1-5-16-28-26(31)19(4)29(18-21-10-8-9-11-22(21)27)25(30)15-13-20-12-14-23(32-6-2)24(17-20)33-7-3/h8-12,14,17,19H,5-7,13,15-16,18H2,1-4H3,(H,28,31)/t19-/m0/s1. The molecule has 33 heavy (non-hydrogen) atoms. The van der Waals surface area contributed by atoms with Gasteiger partial charge in [-0.3, -0.25) is 9.59 Å². The molecule has 0 saturated heterocycles. The molecule has 0 bridgehead atoms. The summed E-state index contributed by atoms with van der Waals surface area (Å²) in [4.78, 5) is 27.2. The van der Waals surface area contributed by atoms with Gasteiger partial charge in [0.2, 0.25) is 11.8 Å². The molecule has 0 spiro atoms. The van der Waals surface area contributed by atoms with Gasteiger partial charge in [0.15, 0.2) is 11.5 Å². The Morgan fingerprint density at radius 2 is 1.73 bits per heavy atom. The smallest absolute Gasteiger partial charge is 0.242 e. The fourth-order valence-corrected chi connectivity index (χ4v) is 3.43. The van der Waals surface area contributed by atoms with Crippen molar-refractivity contribution in [2.45, 2.75) is 59.5 Å². The lowest BCUT2D eigenvalue weighted by atomic mass is 10.1. The van der Waals surface area contributed by atoms with Crippen molar-refractivity contribution in [3.63, 3.8) is 0 Å². The summed E-state index contributed by atoms with van der Waals surface area (Å²) in [6.45, 7) is 9.03. The second-order valence-electron chi connectivity index (χ2n) is 7.73. The number of carbonyl (C=O) groups is 2. The van der Waals surface area contributed by atoms with E-state index in [1.165, 1.54) is 11.0 Å². The lowest BCUT2D eigenvalue weighted by Crippen LogP contribution is -2.47. The quantitative estimate of drug-likeness (QED) is 0.480. The van der Waals surface area contributed by atoms with Crippen LogP contribution >= 0.6 is 0 Å². The molecule has 2 aromatic carbocycles. The van der Waals surface area contributed by atoms with Gasteiger partial charge in [0.05, 0.1) is 13.2 Å². The number of nitrogens with one attached hydrogen (secondary N) is 1. The molecule has 0 unspecified atom stereocenters. The van der Waals surface area contributed by atoms with E-state index in [0.29, 0.717) is 43.2 Å². The summed E-state index contributed by atoms with van der Waals surface area (Å²) >= 11 is 0. The summed E-state index contributed by atoms with van der Waals surface area (Å²) in [5.74, 6) is 0.437. The zero-order chi connectivity index (χ0) is 24.2. The number of halogens is 1. The van der Waals surface area contributed by atoms with Gasteiger partial charge < -0.3 is 19.7 Å². The first-order valence-corrected chi connectivity index (χ1v) is 11.6. The van der Waals surface area contributed by atoms with E-state index >= 15 is 0 Å². The van der Waals surface area contributed by atoms with Crippen molar-refractivity contribution < 1.29 is 23.5 Å². The third kappa shape index (κ3) is 7.77. The molecule has 0 heterocycles. The van der Waals surface area contributed by atoms with Crippen molar-refractivity contribution in [1.29, 1.82) is 0 Å². The molecule has 0 aliphatic rings. The minimum atomic E-state index is -0.719. The number of aryl methyl sites for hydroxylation is 1. The molecular formula is C26H35FN2O4. The molecule has 0 fully saturated rings. The average molecular weight is 459 g/mol. The van der Waals surface area contributed by atoms with Crippen LogP contribution in [-0.4, -0.2) is 42.5 Å². The zero-order valence-electron chi connectivity index (χ0n) is 20.0. The number of carbonyl (C=O) groups excluding carboxylic acids is 2. The van der Waals surface area contributed by atoms with Gasteiger partial charge in [-0.2, -0.15) is 0 Å². The lowest BCUT2D eigenvalue weighted by Gasteiger charge is -2.29. The Labute approximate surface area is 196 Å². The molecule has 1 N–H and O–H groups in total. The Kier molecular flexibility index (Phi) is 10.7. The maximum absolute atomic E-state index is 14.3. The third-order valence-electron chi connectivity index (χ3n) is 5.25. The van der Waals surface area contributed by atoms with E-state index in [4.69, 9.17) is 9.47 Å². The van der Waals surface area contributed by atoms with Crippen LogP contribution in [0, 0.1) is 5.82 Å². The van der Waals surface area contributed by atoms with E-state index in [1.807, 2.05) is 39.0 Å². The molecule has 0 aromatic heterocycles. The molecule has 2 aromatic rings. The van der Waals surface area contributed by atoms with Crippen LogP contribution in [0.1, 0.15) is 51.7 Å². The second kappa shape index (κ2) is 13.5. The molecular weight excluding hydrogens is 423 g/mol. The van der Waals surface area contributed by atoms with Crippen LogP contribution in [0.4, 0.5) is 4.39 Å². The normalized spacial score (nSPS) is 11.5. The zero-order valence-corrected chi connectivity index (χ0v) is 20.0. The van der Waals surface area contributed by atoms with Crippen LogP contribution in [0.2, 0.25) is 0 Å². The summed E-state index contributed by atoms with van der Waals surface area (Å²) in [6.07, 6.45) is 1.43. The van der Waals surface area contributed by atoms with Gasteiger partial charge >= 0.3 is 0 Å². The summed E-state index contributed by atoms with van der Waals surface area (Å²) in [7, 11) is 0. The van der Waals surface area contributed by atoms with E-state index in [0.717, 1.165) is 12.0 Å². The highest BCUT2D eigenvalue weighted by atomic mass is 19.1. The first-order valence-electron chi connectivity index (χ1n) is 11.6. The van der Waals surface area contributed by atoms with Crippen LogP contribution in [0.3, 0.4) is 0 Å². The fourth-order valence-electron chi connectivity index (χ4n) is 3.43. The van der Waals surface area contributed by atoms with Crippen LogP contribution < -0.4 is 14.8 Å². The fraction of sp³-hybridized carbons (Fsp3) is 0.462. The lowest BCUT2D eigenvalue weighted by molar-refractivity contribution is -0.140. The number of rotatable bonds is 13. The van der Waals surface area contributed by atoms with Gasteiger partial charge in [-0.05, 0) is 57.4 Å². The van der Waals surface area contributed by atoms with E-state index in [9.17, 15) is 14.0 Å². The Morgan fingerprint density at radius 3 is 2.39 bits per heavy atom. The number of benzene rings is 2. The molecule has 2 rings (SSSR count). The van der Waals surface area contributed by atoms with Crippen molar-refractivity contribution in [2.75, 3.05) is 19.8 Å². The summed E-state index contributed by atoms with van der Waals surface area (Å²) in [5, 5.41) is 2.82. The Hall–Kier alpha value is -3.09. The second-order valence-corrected chi connectivity index (χ2v) is 7.73. The highest BCUT2D eigenvalue weighted by Crippen LogP contribution is 2.29. The number of hydrogen-bond acceptors (Lipinski definition) is 4. The van der Waals surface area contributed by atoms with Crippen LogP contribution in [0.5, 0.6) is 11.5 Å². The van der Waals surface area contributed by atoms with E-state index in [2.05, 4.69) is 5.32 Å². The summed E-state index contributed by atoms with van der Waals surface area (Å²) in [5.41, 5.74) is 1.30. The van der Waals surface area contributed by atoms with E-state index < -0.39 is 11.9 Å². The van der Waals surface area contributed by atoms with Crippen LogP contribution in [0.15, 0.2) is 42.5 Å².